The smallest absolute Gasteiger partial charge is 0.252 e. The zero-order valence-corrected chi connectivity index (χ0v) is 18.0. The molecule has 0 aromatic heterocycles. The van der Waals surface area contributed by atoms with Crippen LogP contribution in [0, 0.1) is 5.92 Å². The Morgan fingerprint density at radius 2 is 1.70 bits per heavy atom. The highest BCUT2D eigenvalue weighted by atomic mass is 16.5. The number of ether oxygens (including phenoxy) is 2. The Kier molecular flexibility index (Phi) is 6.98. The van der Waals surface area contributed by atoms with E-state index >= 15 is 0 Å². The number of carbonyl (C=O) groups excluding carboxylic acids is 2. The molecule has 0 unspecified atom stereocenters. The zero-order chi connectivity index (χ0) is 21.7. The Hall–Kier alpha value is -3.02. The second-order valence-electron chi connectivity index (χ2n) is 7.95. The minimum atomic E-state index is -0.649. The first kappa shape index (κ1) is 21.7. The molecule has 6 heteroatoms. The normalized spacial score (nSPS) is 16.4. The molecule has 0 spiro atoms. The van der Waals surface area contributed by atoms with Crippen LogP contribution in [0.3, 0.4) is 0 Å². The molecular weight excluding hydrogens is 380 g/mol. The molecule has 0 heterocycles. The molecule has 1 aliphatic rings. The number of aryl methyl sites for hydroxylation is 1. The summed E-state index contributed by atoms with van der Waals surface area (Å²) in [5.41, 5.74) is 2.83. The molecule has 0 saturated heterocycles. The number of methoxy groups -OCH3 is 2. The molecule has 0 saturated carbocycles. The Morgan fingerprint density at radius 1 is 1.03 bits per heavy atom. The summed E-state index contributed by atoms with van der Waals surface area (Å²) >= 11 is 0. The number of rotatable bonds is 7. The lowest BCUT2D eigenvalue weighted by Crippen LogP contribution is -2.50. The predicted molar refractivity (Wildman–Crippen MR) is 116 cm³/mol. The predicted octanol–water partition coefficient (Wildman–Crippen LogP) is 3.65. The number of fused-ring (bicyclic) bond motifs is 1. The molecule has 0 fully saturated rings. The van der Waals surface area contributed by atoms with Gasteiger partial charge in [-0.15, -0.1) is 0 Å². The van der Waals surface area contributed by atoms with Crippen molar-refractivity contribution in [2.24, 2.45) is 5.92 Å². The molecule has 2 N–H and O–H groups in total. The molecule has 30 heavy (non-hydrogen) atoms. The lowest BCUT2D eigenvalue weighted by molar-refractivity contribution is -0.124. The van der Waals surface area contributed by atoms with E-state index in [2.05, 4.69) is 22.8 Å². The maximum absolute atomic E-state index is 13.1. The summed E-state index contributed by atoms with van der Waals surface area (Å²) in [4.78, 5) is 26.0. The van der Waals surface area contributed by atoms with Crippen LogP contribution < -0.4 is 20.1 Å². The fourth-order valence-corrected chi connectivity index (χ4v) is 3.86. The van der Waals surface area contributed by atoms with Crippen molar-refractivity contribution >= 4 is 11.8 Å². The molecule has 2 aromatic rings. The quantitative estimate of drug-likeness (QED) is 0.731. The topological polar surface area (TPSA) is 76.7 Å². The molecule has 2 aromatic carbocycles. The maximum Gasteiger partial charge on any atom is 0.252 e. The average Bonchev–Trinajstić information content (AvgIpc) is 2.76. The van der Waals surface area contributed by atoms with Gasteiger partial charge in [-0.2, -0.15) is 0 Å². The van der Waals surface area contributed by atoms with E-state index in [9.17, 15) is 9.59 Å². The van der Waals surface area contributed by atoms with Crippen molar-refractivity contribution < 1.29 is 19.1 Å². The second-order valence-corrected chi connectivity index (χ2v) is 7.95. The summed E-state index contributed by atoms with van der Waals surface area (Å²) in [7, 11) is 3.06. The molecular formula is C24H30N2O4. The number of amides is 2. The summed E-state index contributed by atoms with van der Waals surface area (Å²) in [6.07, 6.45) is 2.96. The average molecular weight is 411 g/mol. The summed E-state index contributed by atoms with van der Waals surface area (Å²) in [6.45, 7) is 3.84. The lowest BCUT2D eigenvalue weighted by Gasteiger charge is -2.29. The van der Waals surface area contributed by atoms with Crippen molar-refractivity contribution in [2.75, 3.05) is 14.2 Å². The Balaban J connectivity index is 1.75. The van der Waals surface area contributed by atoms with Crippen LogP contribution in [0.4, 0.5) is 0 Å². The second kappa shape index (κ2) is 9.65. The van der Waals surface area contributed by atoms with Crippen LogP contribution >= 0.6 is 0 Å². The highest BCUT2D eigenvalue weighted by Gasteiger charge is 2.29. The summed E-state index contributed by atoms with van der Waals surface area (Å²) < 4.78 is 10.5. The maximum atomic E-state index is 13.1. The number of carbonyl (C=O) groups is 2. The number of hydrogen-bond donors (Lipinski definition) is 2. The van der Waals surface area contributed by atoms with E-state index in [1.807, 2.05) is 26.0 Å². The van der Waals surface area contributed by atoms with E-state index in [0.29, 0.717) is 17.1 Å². The van der Waals surface area contributed by atoms with Gasteiger partial charge in [-0.1, -0.05) is 38.1 Å². The summed E-state index contributed by atoms with van der Waals surface area (Å²) in [6, 6.07) is 12.5. The van der Waals surface area contributed by atoms with Crippen molar-refractivity contribution in [1.29, 1.82) is 0 Å². The Labute approximate surface area is 178 Å². The highest BCUT2D eigenvalue weighted by molar-refractivity contribution is 5.98. The minimum Gasteiger partial charge on any atom is -0.497 e. The van der Waals surface area contributed by atoms with Gasteiger partial charge < -0.3 is 20.1 Å². The van der Waals surface area contributed by atoms with E-state index in [-0.39, 0.29) is 23.8 Å². The summed E-state index contributed by atoms with van der Waals surface area (Å²) in [5, 5.41) is 6.04. The van der Waals surface area contributed by atoms with Crippen LogP contribution in [0.2, 0.25) is 0 Å². The summed E-state index contributed by atoms with van der Waals surface area (Å²) in [5.74, 6) is 0.452. The van der Waals surface area contributed by atoms with E-state index in [1.54, 1.807) is 18.2 Å². The van der Waals surface area contributed by atoms with Crippen LogP contribution in [0.5, 0.6) is 11.5 Å². The van der Waals surface area contributed by atoms with Crippen LogP contribution in [0.15, 0.2) is 42.5 Å². The number of hydrogen-bond acceptors (Lipinski definition) is 4. The van der Waals surface area contributed by atoms with E-state index in [0.717, 1.165) is 19.3 Å². The number of benzene rings is 2. The first-order chi connectivity index (χ1) is 14.4. The molecule has 6 nitrogen and oxygen atoms in total. The molecule has 1 aliphatic carbocycles. The van der Waals surface area contributed by atoms with E-state index < -0.39 is 6.04 Å². The monoisotopic (exact) mass is 410 g/mol. The molecule has 3 rings (SSSR count). The van der Waals surface area contributed by atoms with Crippen molar-refractivity contribution in [3.8, 4) is 11.5 Å². The Bertz CT molecular complexity index is 888. The number of nitrogens with one attached hydrogen (secondary N) is 2. The van der Waals surface area contributed by atoms with Gasteiger partial charge in [-0.25, -0.2) is 0 Å². The highest BCUT2D eigenvalue weighted by Crippen LogP contribution is 2.29. The van der Waals surface area contributed by atoms with Gasteiger partial charge in [0.15, 0.2) is 0 Å². The molecule has 0 bridgehead atoms. The molecule has 0 radical (unpaired) electrons. The van der Waals surface area contributed by atoms with Crippen LogP contribution in [0.25, 0.3) is 0 Å². The van der Waals surface area contributed by atoms with Gasteiger partial charge in [0.25, 0.3) is 5.91 Å². The van der Waals surface area contributed by atoms with Crippen molar-refractivity contribution in [2.45, 2.75) is 45.2 Å². The zero-order valence-electron chi connectivity index (χ0n) is 18.0. The van der Waals surface area contributed by atoms with Gasteiger partial charge in [0.05, 0.1) is 20.3 Å². The van der Waals surface area contributed by atoms with Crippen LogP contribution in [-0.2, 0) is 11.2 Å². The van der Waals surface area contributed by atoms with E-state index in [4.69, 9.17) is 9.47 Å². The Morgan fingerprint density at radius 3 is 2.33 bits per heavy atom. The fraction of sp³-hybridized carbons (Fsp3) is 0.417. The molecule has 2 amide bonds. The molecule has 2 atom stereocenters. The van der Waals surface area contributed by atoms with Gasteiger partial charge in [0, 0.05) is 11.6 Å². The van der Waals surface area contributed by atoms with Gasteiger partial charge >= 0.3 is 0 Å². The van der Waals surface area contributed by atoms with Crippen molar-refractivity contribution in [3.63, 3.8) is 0 Å². The van der Waals surface area contributed by atoms with E-state index in [1.165, 1.54) is 25.3 Å². The third kappa shape index (κ3) is 4.93. The molecule has 0 aliphatic heterocycles. The van der Waals surface area contributed by atoms with Crippen LogP contribution in [-0.4, -0.2) is 32.1 Å². The molecule has 160 valence electrons. The lowest BCUT2D eigenvalue weighted by atomic mass is 9.87. The third-order valence-electron chi connectivity index (χ3n) is 5.54. The van der Waals surface area contributed by atoms with Gasteiger partial charge in [0.2, 0.25) is 5.91 Å². The van der Waals surface area contributed by atoms with Gasteiger partial charge in [-0.05, 0) is 48.4 Å². The SMILES string of the molecule is COc1cc(OC)cc(C(=O)N[C@H](C(=O)N[C@H]2CCCc3ccccc32)C(C)C)c1. The van der Waals surface area contributed by atoms with Gasteiger partial charge in [-0.3, -0.25) is 9.59 Å². The first-order valence-electron chi connectivity index (χ1n) is 10.3. The van der Waals surface area contributed by atoms with Crippen molar-refractivity contribution in [3.05, 3.63) is 59.2 Å². The third-order valence-corrected chi connectivity index (χ3v) is 5.54. The van der Waals surface area contributed by atoms with Crippen LogP contribution in [0.1, 0.15) is 54.2 Å². The minimum absolute atomic E-state index is 0.0301. The van der Waals surface area contributed by atoms with Gasteiger partial charge in [0.1, 0.15) is 17.5 Å². The largest absolute Gasteiger partial charge is 0.497 e. The standard InChI is InChI=1S/C24H30N2O4/c1-15(2)22(26-23(27)17-12-18(29-3)14-19(13-17)30-4)24(28)25-21-11-7-9-16-8-5-6-10-20(16)21/h5-6,8,10,12-15,21-22H,7,9,11H2,1-4H3,(H,25,28)(H,26,27)/t21-,22-/m0/s1. The fourth-order valence-electron chi connectivity index (χ4n) is 3.86. The first-order valence-corrected chi connectivity index (χ1v) is 10.3. The van der Waals surface area contributed by atoms with Crippen molar-refractivity contribution in [1.82, 2.24) is 10.6 Å².